The van der Waals surface area contributed by atoms with Gasteiger partial charge in [0.1, 0.15) is 6.61 Å². The molecule has 0 saturated carbocycles. The number of phosphoric ester groups is 1. The maximum absolute atomic E-state index is 12.4. The predicted molar refractivity (Wildman–Crippen MR) is 211 cm³/mol. The van der Waals surface area contributed by atoms with Crippen LogP contribution in [0.15, 0.2) is 24.3 Å². The van der Waals surface area contributed by atoms with E-state index in [1.54, 1.807) is 0 Å². The fourth-order valence-electron chi connectivity index (χ4n) is 5.71. The van der Waals surface area contributed by atoms with Gasteiger partial charge in [-0.05, 0) is 44.9 Å². The summed E-state index contributed by atoms with van der Waals surface area (Å²) in [6.45, 7) is 3.64. The number of unbranched alkanes of at least 4 members (excludes halogenated alkanes) is 22. The molecule has 10 heteroatoms. The van der Waals surface area contributed by atoms with Crippen molar-refractivity contribution in [1.29, 1.82) is 0 Å². The Morgan fingerprint density at radius 3 is 1.51 bits per heavy atom. The van der Waals surface area contributed by atoms with Crippen LogP contribution in [-0.4, -0.2) is 49.3 Å². The first-order chi connectivity index (χ1) is 24.8. The van der Waals surface area contributed by atoms with Crippen LogP contribution in [0.2, 0.25) is 0 Å². The van der Waals surface area contributed by atoms with E-state index in [-0.39, 0.29) is 32.6 Å². The van der Waals surface area contributed by atoms with Gasteiger partial charge in [0.05, 0.1) is 13.2 Å². The SMILES string of the molecule is CCCCCCCCCCCCCCCC/C=C/CC/C=C/CCCC(=O)OC[C@@H](COP(=O)(O)OCCN)OC(=O)CCCCCCCCC. The summed E-state index contributed by atoms with van der Waals surface area (Å²) in [5.41, 5.74) is 5.32. The zero-order valence-corrected chi connectivity index (χ0v) is 33.7. The Bertz CT molecular complexity index is 897. The van der Waals surface area contributed by atoms with Crippen LogP contribution in [0.3, 0.4) is 0 Å². The van der Waals surface area contributed by atoms with E-state index in [1.807, 2.05) is 0 Å². The van der Waals surface area contributed by atoms with Crippen molar-refractivity contribution in [2.45, 2.75) is 200 Å². The van der Waals surface area contributed by atoms with Gasteiger partial charge in [-0.2, -0.15) is 0 Å². The van der Waals surface area contributed by atoms with Gasteiger partial charge in [0.15, 0.2) is 6.10 Å². The molecule has 0 radical (unpaired) electrons. The minimum Gasteiger partial charge on any atom is -0.462 e. The van der Waals surface area contributed by atoms with E-state index in [0.717, 1.165) is 44.9 Å². The highest BCUT2D eigenvalue weighted by Crippen LogP contribution is 2.43. The molecule has 1 unspecified atom stereocenters. The minimum absolute atomic E-state index is 0.0498. The quantitative estimate of drug-likeness (QED) is 0.0273. The predicted octanol–water partition coefficient (Wildman–Crippen LogP) is 11.6. The molecular formula is C41H78NO8P. The van der Waals surface area contributed by atoms with Crippen LogP contribution < -0.4 is 5.73 Å². The summed E-state index contributed by atoms with van der Waals surface area (Å²) < 4.78 is 32.5. The summed E-state index contributed by atoms with van der Waals surface area (Å²) in [7, 11) is -4.37. The van der Waals surface area contributed by atoms with Crippen molar-refractivity contribution in [2.75, 3.05) is 26.4 Å². The van der Waals surface area contributed by atoms with E-state index in [2.05, 4.69) is 38.2 Å². The number of esters is 2. The molecule has 51 heavy (non-hydrogen) atoms. The van der Waals surface area contributed by atoms with Crippen molar-refractivity contribution < 1.29 is 37.6 Å². The minimum atomic E-state index is -4.37. The number of allylic oxidation sites excluding steroid dienone is 4. The molecular weight excluding hydrogens is 665 g/mol. The van der Waals surface area contributed by atoms with E-state index in [4.69, 9.17) is 24.3 Å². The summed E-state index contributed by atoms with van der Waals surface area (Å²) in [5.74, 6) is -0.881. The van der Waals surface area contributed by atoms with E-state index in [0.29, 0.717) is 12.8 Å². The van der Waals surface area contributed by atoms with Crippen LogP contribution in [0, 0.1) is 0 Å². The molecule has 0 amide bonds. The van der Waals surface area contributed by atoms with E-state index in [9.17, 15) is 19.0 Å². The third-order valence-electron chi connectivity index (χ3n) is 8.82. The molecule has 0 bridgehead atoms. The Hall–Kier alpha value is -1.51. The molecule has 0 spiro atoms. The molecule has 0 aliphatic rings. The normalized spacial score (nSPS) is 13.6. The number of hydrogen-bond acceptors (Lipinski definition) is 8. The van der Waals surface area contributed by atoms with Gasteiger partial charge in [0.2, 0.25) is 0 Å². The maximum atomic E-state index is 12.4. The molecule has 0 aromatic rings. The smallest absolute Gasteiger partial charge is 0.462 e. The molecule has 3 N–H and O–H groups in total. The Labute approximate surface area is 312 Å². The number of hydrogen-bond donors (Lipinski definition) is 2. The molecule has 0 saturated heterocycles. The summed E-state index contributed by atoms with van der Waals surface area (Å²) >= 11 is 0. The van der Waals surface area contributed by atoms with Crippen LogP contribution in [0.4, 0.5) is 0 Å². The van der Waals surface area contributed by atoms with Gasteiger partial charge in [-0.15, -0.1) is 0 Å². The Kier molecular flexibility index (Phi) is 37.1. The van der Waals surface area contributed by atoms with E-state index >= 15 is 0 Å². The van der Waals surface area contributed by atoms with Crippen LogP contribution in [-0.2, 0) is 32.7 Å². The van der Waals surface area contributed by atoms with Crippen molar-refractivity contribution in [3.8, 4) is 0 Å². The van der Waals surface area contributed by atoms with Gasteiger partial charge in [0.25, 0.3) is 0 Å². The first-order valence-electron chi connectivity index (χ1n) is 20.8. The molecule has 0 fully saturated rings. The third-order valence-corrected chi connectivity index (χ3v) is 9.80. The van der Waals surface area contributed by atoms with Gasteiger partial charge in [-0.25, -0.2) is 4.57 Å². The molecule has 0 aromatic heterocycles. The molecule has 0 aromatic carbocycles. The Balaban J connectivity index is 4.03. The van der Waals surface area contributed by atoms with Crippen LogP contribution in [0.5, 0.6) is 0 Å². The second-order valence-corrected chi connectivity index (χ2v) is 15.3. The number of rotatable bonds is 39. The molecule has 0 aliphatic heterocycles. The van der Waals surface area contributed by atoms with Crippen LogP contribution in [0.25, 0.3) is 0 Å². The lowest BCUT2D eigenvalue weighted by Crippen LogP contribution is -2.29. The number of carbonyl (C=O) groups excluding carboxylic acids is 2. The average Bonchev–Trinajstić information content (AvgIpc) is 3.11. The molecule has 0 rings (SSSR count). The van der Waals surface area contributed by atoms with Crippen LogP contribution in [0.1, 0.15) is 194 Å². The Morgan fingerprint density at radius 2 is 1.00 bits per heavy atom. The third kappa shape index (κ3) is 38.0. The monoisotopic (exact) mass is 744 g/mol. The lowest BCUT2D eigenvalue weighted by atomic mass is 10.0. The van der Waals surface area contributed by atoms with Crippen molar-refractivity contribution in [2.24, 2.45) is 5.73 Å². The standard InChI is InChI=1S/C41H78NO8P/c1-3-5-7-9-11-12-13-14-15-16-17-18-19-20-21-22-23-24-25-26-28-29-31-33-40(43)47-37-39(38-49-51(45,46)48-36-35-42)50-41(44)34-32-30-27-10-8-6-4-2/h22-23,26,28,39H,3-21,24-25,27,29-38,42H2,1-2H3,(H,45,46)/b23-22+,28-26+/t39-/m0/s1. The summed E-state index contributed by atoms with van der Waals surface area (Å²) in [4.78, 5) is 34.5. The number of carbonyl (C=O) groups is 2. The number of phosphoric acid groups is 1. The van der Waals surface area contributed by atoms with E-state index < -0.39 is 32.5 Å². The fraction of sp³-hybridized carbons (Fsp3) is 0.854. The lowest BCUT2D eigenvalue weighted by molar-refractivity contribution is -0.161. The second-order valence-electron chi connectivity index (χ2n) is 13.8. The van der Waals surface area contributed by atoms with Crippen LogP contribution >= 0.6 is 7.82 Å². The van der Waals surface area contributed by atoms with Gasteiger partial charge in [0, 0.05) is 19.4 Å². The largest absolute Gasteiger partial charge is 0.472 e. The molecule has 9 nitrogen and oxygen atoms in total. The number of ether oxygens (including phenoxy) is 2. The lowest BCUT2D eigenvalue weighted by Gasteiger charge is -2.19. The van der Waals surface area contributed by atoms with Crippen molar-refractivity contribution in [3.05, 3.63) is 24.3 Å². The Morgan fingerprint density at radius 1 is 0.569 bits per heavy atom. The van der Waals surface area contributed by atoms with Crippen molar-refractivity contribution in [1.82, 2.24) is 0 Å². The first-order valence-corrected chi connectivity index (χ1v) is 22.3. The van der Waals surface area contributed by atoms with Gasteiger partial charge in [-0.3, -0.25) is 18.6 Å². The summed E-state index contributed by atoms with van der Waals surface area (Å²) in [5, 5.41) is 0. The highest BCUT2D eigenvalue weighted by atomic mass is 31.2. The zero-order valence-electron chi connectivity index (χ0n) is 32.8. The summed E-state index contributed by atoms with van der Waals surface area (Å²) in [6.07, 6.45) is 39.7. The van der Waals surface area contributed by atoms with E-state index in [1.165, 1.54) is 109 Å². The van der Waals surface area contributed by atoms with Gasteiger partial charge in [-0.1, -0.05) is 160 Å². The average molecular weight is 744 g/mol. The first kappa shape index (κ1) is 49.5. The van der Waals surface area contributed by atoms with Crippen molar-refractivity contribution >= 4 is 19.8 Å². The zero-order chi connectivity index (χ0) is 37.5. The topological polar surface area (TPSA) is 134 Å². The highest BCUT2D eigenvalue weighted by Gasteiger charge is 2.25. The highest BCUT2D eigenvalue weighted by molar-refractivity contribution is 7.47. The number of nitrogens with two attached hydrogens (primary N) is 1. The van der Waals surface area contributed by atoms with Crippen molar-refractivity contribution in [3.63, 3.8) is 0 Å². The van der Waals surface area contributed by atoms with Gasteiger partial charge < -0.3 is 20.1 Å². The summed E-state index contributed by atoms with van der Waals surface area (Å²) in [6, 6.07) is 0. The second kappa shape index (κ2) is 38.2. The maximum Gasteiger partial charge on any atom is 0.472 e. The molecule has 0 aliphatic carbocycles. The fourth-order valence-corrected chi connectivity index (χ4v) is 6.48. The molecule has 0 heterocycles. The molecule has 300 valence electrons. The molecule has 2 atom stereocenters. The van der Waals surface area contributed by atoms with Gasteiger partial charge >= 0.3 is 19.8 Å².